The second kappa shape index (κ2) is 11.0. The third-order valence-electron chi connectivity index (χ3n) is 11.1. The van der Waals surface area contributed by atoms with Gasteiger partial charge in [-0.1, -0.05) is 55.5 Å². The number of anilines is 1. The van der Waals surface area contributed by atoms with Crippen LogP contribution in [0.5, 0.6) is 0 Å². The Balaban J connectivity index is 0.000000205. The van der Waals surface area contributed by atoms with Gasteiger partial charge in [0.25, 0.3) is 0 Å². The number of hydrogen-bond donors (Lipinski definition) is 3. The topological polar surface area (TPSA) is 119 Å². The van der Waals surface area contributed by atoms with Gasteiger partial charge in [-0.3, -0.25) is 9.59 Å². The van der Waals surface area contributed by atoms with Crippen molar-refractivity contribution in [2.45, 2.75) is 69.2 Å². The first-order chi connectivity index (χ1) is 20.9. The number of halogens is 2. The summed E-state index contributed by atoms with van der Waals surface area (Å²) in [6.07, 6.45) is 0.932. The van der Waals surface area contributed by atoms with Crippen molar-refractivity contribution in [2.24, 2.45) is 22.7 Å². The summed E-state index contributed by atoms with van der Waals surface area (Å²) in [5.41, 5.74) is 2.97. The van der Waals surface area contributed by atoms with Gasteiger partial charge in [-0.05, 0) is 79.5 Å². The maximum atomic E-state index is 17.0. The summed E-state index contributed by atoms with van der Waals surface area (Å²) >= 11 is 0. The molecule has 1 aliphatic heterocycles. The molecule has 0 radical (unpaired) electrons. The van der Waals surface area contributed by atoms with Crippen LogP contribution >= 0.6 is 0 Å². The van der Waals surface area contributed by atoms with E-state index >= 15 is 8.78 Å². The largest absolute Gasteiger partial charge is 0.399 e. The summed E-state index contributed by atoms with van der Waals surface area (Å²) in [5, 5.41) is 20.8. The molecule has 2 aromatic carbocycles. The van der Waals surface area contributed by atoms with Crippen molar-refractivity contribution in [1.29, 1.82) is 0 Å². The number of nitrogen functional groups attached to an aromatic ring is 1. The van der Waals surface area contributed by atoms with Gasteiger partial charge in [0.05, 0.1) is 12.2 Å². The maximum Gasteiger partial charge on any atom is 0.193 e. The minimum Gasteiger partial charge on any atom is -0.399 e. The van der Waals surface area contributed by atoms with Crippen LogP contribution in [0.4, 0.5) is 14.5 Å². The Labute approximate surface area is 255 Å². The number of alkyl halides is 2. The maximum absolute atomic E-state index is 17.0. The molecule has 0 spiro atoms. The lowest BCUT2D eigenvalue weighted by Crippen LogP contribution is -2.70. The molecule has 4 aliphatic carbocycles. The summed E-state index contributed by atoms with van der Waals surface area (Å²) < 4.78 is 43.8. The third-order valence-corrected chi connectivity index (χ3v) is 11.1. The fraction of sp³-hybridized carbons (Fsp3) is 0.486. The lowest BCUT2D eigenvalue weighted by molar-refractivity contribution is -0.226. The average Bonchev–Trinajstić information content (AvgIpc) is 3.53. The number of ether oxygens (including phenoxy) is 2. The second-order valence-electron chi connectivity index (χ2n) is 13.2. The number of Topliss-reactive ketones (excluding diaryl/α,β-unsaturated/α-hetero) is 1. The monoisotopic (exact) mass is 607 g/mol. The van der Waals surface area contributed by atoms with Crippen molar-refractivity contribution in [3.05, 3.63) is 89.5 Å². The molecule has 2 unspecified atom stereocenters. The molecule has 2 aromatic rings. The summed E-state index contributed by atoms with van der Waals surface area (Å²) in [4.78, 5) is 24.7. The van der Waals surface area contributed by atoms with Gasteiger partial charge < -0.3 is 25.4 Å². The Morgan fingerprint density at radius 1 is 1.07 bits per heavy atom. The van der Waals surface area contributed by atoms with Gasteiger partial charge >= 0.3 is 0 Å². The van der Waals surface area contributed by atoms with Crippen LogP contribution in [0.3, 0.4) is 0 Å². The highest BCUT2D eigenvalue weighted by atomic mass is 19.1. The van der Waals surface area contributed by atoms with Crippen LogP contribution in [-0.4, -0.2) is 64.8 Å². The van der Waals surface area contributed by atoms with Crippen LogP contribution in [0.15, 0.2) is 78.4 Å². The molecule has 3 saturated carbocycles. The first-order valence-corrected chi connectivity index (χ1v) is 15.1. The van der Waals surface area contributed by atoms with Gasteiger partial charge in [-0.15, -0.1) is 0 Å². The molecule has 44 heavy (non-hydrogen) atoms. The Morgan fingerprint density at radius 3 is 2.50 bits per heavy atom. The highest BCUT2D eigenvalue weighted by molar-refractivity contribution is 6.01. The molecule has 0 aromatic heterocycles. The van der Waals surface area contributed by atoms with Gasteiger partial charge in [0.2, 0.25) is 0 Å². The highest BCUT2D eigenvalue weighted by Gasteiger charge is 2.79. The number of rotatable bonds is 4. The van der Waals surface area contributed by atoms with Crippen molar-refractivity contribution in [3.8, 4) is 0 Å². The molecule has 1 saturated heterocycles. The molecule has 234 valence electrons. The van der Waals surface area contributed by atoms with Crippen LogP contribution < -0.4 is 5.73 Å². The molecule has 9 atom stereocenters. The number of aliphatic hydroxyl groups is 2. The van der Waals surface area contributed by atoms with E-state index in [4.69, 9.17) is 15.2 Å². The quantitative estimate of drug-likeness (QED) is 0.440. The van der Waals surface area contributed by atoms with E-state index in [0.29, 0.717) is 0 Å². The number of hydrogen-bond acceptors (Lipinski definition) is 7. The van der Waals surface area contributed by atoms with Crippen molar-refractivity contribution >= 4 is 17.3 Å². The van der Waals surface area contributed by atoms with Crippen molar-refractivity contribution in [3.63, 3.8) is 0 Å². The van der Waals surface area contributed by atoms with E-state index in [1.165, 1.54) is 30.2 Å². The summed E-state index contributed by atoms with van der Waals surface area (Å²) in [6, 6.07) is 18.4. The number of aliphatic hydroxyl groups excluding tert-OH is 2. The predicted molar refractivity (Wildman–Crippen MR) is 160 cm³/mol. The van der Waals surface area contributed by atoms with Crippen molar-refractivity contribution in [2.75, 3.05) is 19.1 Å². The number of benzene rings is 2. The standard InChI is InChI=1S/C22H26F2O6.C13H13N/c1-19-4-3-11(26)5-14(19)15(23)6-13-12-7-18-22(17(28)9-25,30-10-29-18)20(12,2)8-16(27)21(13,19)24;14-13-8-4-7-12(10-13)9-11-5-2-1-3-6-11/h3-5,12-13,15-16,18,25,27H,6-10H2,1-2H3;1-8,10H,9,14H2/t12?,13-,15-,16-,18?,19-,20-,21-,22+;/m0./s1. The SMILES string of the molecule is C[C@]12C=CC(=O)C=C1[C@@H](F)C[C@H]1C3CC4OCO[C@@]4(C(=O)CO)[C@@]3(C)C[C@H](O)[C@@]12F.Nc1cccc(Cc2ccccc2)c1. The molecule has 9 heteroatoms. The zero-order chi connectivity index (χ0) is 31.5. The molecule has 4 fully saturated rings. The van der Waals surface area contributed by atoms with Gasteiger partial charge in [-0.2, -0.15) is 0 Å². The number of allylic oxidation sites excluding steroid dienone is 4. The zero-order valence-electron chi connectivity index (χ0n) is 24.9. The average molecular weight is 608 g/mol. The van der Waals surface area contributed by atoms with Crippen LogP contribution in [0, 0.1) is 22.7 Å². The van der Waals surface area contributed by atoms with E-state index < -0.39 is 70.5 Å². The van der Waals surface area contributed by atoms with Crippen molar-refractivity contribution in [1.82, 2.24) is 0 Å². The predicted octanol–water partition coefficient (Wildman–Crippen LogP) is 4.45. The number of fused-ring (bicyclic) bond motifs is 7. The number of ketones is 2. The van der Waals surface area contributed by atoms with Gasteiger partial charge in [0.1, 0.15) is 19.6 Å². The number of carbonyl (C=O) groups is 2. The van der Waals surface area contributed by atoms with Crippen LogP contribution in [0.25, 0.3) is 0 Å². The summed E-state index contributed by atoms with van der Waals surface area (Å²) in [6.45, 7) is 2.40. The van der Waals surface area contributed by atoms with Gasteiger partial charge in [0, 0.05) is 22.4 Å². The first kappa shape index (κ1) is 30.8. The normalized spacial score (nSPS) is 40.1. The molecule has 1 heterocycles. The van der Waals surface area contributed by atoms with E-state index in [9.17, 15) is 19.8 Å². The molecule has 5 aliphatic rings. The van der Waals surface area contributed by atoms with E-state index in [-0.39, 0.29) is 31.6 Å². The lowest BCUT2D eigenvalue weighted by atomic mass is 9.44. The van der Waals surface area contributed by atoms with E-state index in [0.717, 1.165) is 18.2 Å². The third kappa shape index (κ3) is 4.35. The zero-order valence-corrected chi connectivity index (χ0v) is 24.9. The van der Waals surface area contributed by atoms with Crippen LogP contribution in [-0.2, 0) is 25.5 Å². The van der Waals surface area contributed by atoms with Gasteiger partial charge in [0.15, 0.2) is 22.8 Å². The number of carbonyl (C=O) groups excluding carboxylic acids is 2. The summed E-state index contributed by atoms with van der Waals surface area (Å²) in [5.74, 6) is -2.38. The molecular weight excluding hydrogens is 568 g/mol. The van der Waals surface area contributed by atoms with Crippen LogP contribution in [0.1, 0.15) is 44.2 Å². The minimum absolute atomic E-state index is 0.0586. The molecular formula is C35H39F2NO6. The summed E-state index contributed by atoms with van der Waals surface area (Å²) in [7, 11) is 0. The van der Waals surface area contributed by atoms with E-state index in [1.54, 1.807) is 6.92 Å². The fourth-order valence-corrected chi connectivity index (χ4v) is 9.06. The fourth-order valence-electron chi connectivity index (χ4n) is 9.06. The Morgan fingerprint density at radius 2 is 1.80 bits per heavy atom. The minimum atomic E-state index is -2.22. The Hall–Kier alpha value is -3.24. The van der Waals surface area contributed by atoms with E-state index in [1.807, 2.05) is 24.3 Å². The number of nitrogens with two attached hydrogens (primary N) is 1. The molecule has 0 amide bonds. The van der Waals surface area contributed by atoms with E-state index in [2.05, 4.69) is 30.3 Å². The highest BCUT2D eigenvalue weighted by Crippen LogP contribution is 2.71. The second-order valence-corrected chi connectivity index (χ2v) is 13.2. The van der Waals surface area contributed by atoms with Crippen LogP contribution in [0.2, 0.25) is 0 Å². The smallest absolute Gasteiger partial charge is 0.193 e. The van der Waals surface area contributed by atoms with Crippen molar-refractivity contribution < 1.29 is 38.1 Å². The molecule has 7 rings (SSSR count). The molecule has 0 bridgehead atoms. The first-order valence-electron chi connectivity index (χ1n) is 15.1. The molecule has 4 N–H and O–H groups in total. The Kier molecular flexibility index (Phi) is 7.68. The van der Waals surface area contributed by atoms with Gasteiger partial charge in [-0.25, -0.2) is 8.78 Å². The molecule has 7 nitrogen and oxygen atoms in total. The lowest BCUT2D eigenvalue weighted by Gasteiger charge is -2.63. The Bertz CT molecular complexity index is 1510.